The van der Waals surface area contributed by atoms with E-state index < -0.39 is 0 Å². The maximum Gasteiger partial charge on any atom is 0.229 e. The molecule has 0 saturated heterocycles. The Labute approximate surface area is 106 Å². The van der Waals surface area contributed by atoms with Gasteiger partial charge >= 0.3 is 0 Å². The second kappa shape index (κ2) is 4.49. The van der Waals surface area contributed by atoms with Gasteiger partial charge in [0.2, 0.25) is 5.28 Å². The zero-order valence-corrected chi connectivity index (χ0v) is 11.3. The number of rotatable bonds is 2. The van der Waals surface area contributed by atoms with Gasteiger partial charge in [-0.15, -0.1) is 10.2 Å². The van der Waals surface area contributed by atoms with Gasteiger partial charge in [0.1, 0.15) is 5.82 Å². The Kier molecular flexibility index (Phi) is 3.20. The van der Waals surface area contributed by atoms with E-state index in [0.29, 0.717) is 5.28 Å². The van der Waals surface area contributed by atoms with E-state index in [1.807, 2.05) is 10.6 Å². The molecule has 2 rings (SSSR count). The number of benzene rings is 1. The zero-order valence-electron chi connectivity index (χ0n) is 10.5. The molecular weight excluding hydrogens is 234 g/mol. The summed E-state index contributed by atoms with van der Waals surface area (Å²) in [7, 11) is 0. The minimum absolute atomic E-state index is 0.289. The maximum absolute atomic E-state index is 6.11. The van der Waals surface area contributed by atoms with Crippen LogP contribution in [0.5, 0.6) is 0 Å². The van der Waals surface area contributed by atoms with Gasteiger partial charge in [-0.1, -0.05) is 19.9 Å². The molecule has 1 aromatic carbocycles. The van der Waals surface area contributed by atoms with Gasteiger partial charge < -0.3 is 0 Å². The second-order valence-electron chi connectivity index (χ2n) is 4.59. The summed E-state index contributed by atoms with van der Waals surface area (Å²) in [5, 5.41) is 8.48. The average molecular weight is 250 g/mol. The summed E-state index contributed by atoms with van der Waals surface area (Å²) in [6.07, 6.45) is 0. The van der Waals surface area contributed by atoms with Crippen LogP contribution in [0.25, 0.3) is 5.69 Å². The van der Waals surface area contributed by atoms with Crippen LogP contribution in [0.1, 0.15) is 36.7 Å². The molecule has 17 heavy (non-hydrogen) atoms. The van der Waals surface area contributed by atoms with Gasteiger partial charge in [0, 0.05) is 5.92 Å². The average Bonchev–Trinajstić information content (AvgIpc) is 2.64. The molecule has 90 valence electrons. The molecule has 0 N–H and O–H groups in total. The van der Waals surface area contributed by atoms with Gasteiger partial charge in [0.05, 0.1) is 5.69 Å². The van der Waals surface area contributed by atoms with E-state index in [4.69, 9.17) is 11.6 Å². The number of hydrogen-bond donors (Lipinski definition) is 0. The Bertz CT molecular complexity index is 544. The lowest BCUT2D eigenvalue weighted by Crippen LogP contribution is -2.03. The van der Waals surface area contributed by atoms with Crippen molar-refractivity contribution in [2.45, 2.75) is 33.6 Å². The third-order valence-electron chi connectivity index (χ3n) is 2.91. The second-order valence-corrected chi connectivity index (χ2v) is 4.92. The molecule has 0 aliphatic carbocycles. The molecule has 0 atom stereocenters. The van der Waals surface area contributed by atoms with Crippen molar-refractivity contribution in [1.29, 1.82) is 0 Å². The van der Waals surface area contributed by atoms with E-state index in [2.05, 4.69) is 50.0 Å². The molecule has 0 unspecified atom stereocenters. The summed E-state index contributed by atoms with van der Waals surface area (Å²) >= 11 is 6.11. The first-order chi connectivity index (χ1) is 8.00. The summed E-state index contributed by atoms with van der Waals surface area (Å²) in [6, 6.07) is 6.24. The van der Waals surface area contributed by atoms with Crippen molar-refractivity contribution in [1.82, 2.24) is 14.8 Å². The van der Waals surface area contributed by atoms with Crippen LogP contribution in [0.4, 0.5) is 0 Å². The highest BCUT2D eigenvalue weighted by Gasteiger charge is 2.15. The molecule has 1 heterocycles. The highest BCUT2D eigenvalue weighted by Crippen LogP contribution is 2.23. The SMILES string of the molecule is Cc1ccc(-n2c(Cl)nnc2C(C)C)cc1C. The third kappa shape index (κ3) is 2.20. The Hall–Kier alpha value is -1.35. The number of aromatic nitrogens is 3. The van der Waals surface area contributed by atoms with E-state index in [9.17, 15) is 0 Å². The van der Waals surface area contributed by atoms with E-state index in [0.717, 1.165) is 11.5 Å². The minimum atomic E-state index is 0.289. The molecule has 0 spiro atoms. The third-order valence-corrected chi connectivity index (χ3v) is 3.16. The van der Waals surface area contributed by atoms with Crippen LogP contribution in [0.15, 0.2) is 18.2 Å². The Morgan fingerprint density at radius 1 is 1.12 bits per heavy atom. The topological polar surface area (TPSA) is 30.7 Å². The van der Waals surface area contributed by atoms with E-state index in [1.165, 1.54) is 11.1 Å². The minimum Gasteiger partial charge on any atom is -0.270 e. The molecule has 0 aliphatic heterocycles. The highest BCUT2D eigenvalue weighted by atomic mass is 35.5. The Balaban J connectivity index is 2.59. The molecular formula is C13H16ClN3. The van der Waals surface area contributed by atoms with Gasteiger partial charge in [-0.25, -0.2) is 0 Å². The maximum atomic E-state index is 6.11. The highest BCUT2D eigenvalue weighted by molar-refractivity contribution is 6.28. The van der Waals surface area contributed by atoms with Crippen molar-refractivity contribution >= 4 is 11.6 Å². The van der Waals surface area contributed by atoms with Crippen molar-refractivity contribution < 1.29 is 0 Å². The molecule has 0 radical (unpaired) electrons. The lowest BCUT2D eigenvalue weighted by Gasteiger charge is -2.11. The number of aryl methyl sites for hydroxylation is 2. The van der Waals surface area contributed by atoms with Crippen LogP contribution in [-0.4, -0.2) is 14.8 Å². The van der Waals surface area contributed by atoms with Crippen molar-refractivity contribution in [3.05, 3.63) is 40.4 Å². The van der Waals surface area contributed by atoms with Crippen molar-refractivity contribution in [2.75, 3.05) is 0 Å². The molecule has 0 saturated carbocycles. The van der Waals surface area contributed by atoms with Gasteiger partial charge in [0.25, 0.3) is 0 Å². The van der Waals surface area contributed by atoms with E-state index in [-0.39, 0.29) is 5.92 Å². The quantitative estimate of drug-likeness (QED) is 0.813. The predicted molar refractivity (Wildman–Crippen MR) is 69.9 cm³/mol. The molecule has 0 bridgehead atoms. The van der Waals surface area contributed by atoms with Gasteiger partial charge in [0.15, 0.2) is 0 Å². The lowest BCUT2D eigenvalue weighted by molar-refractivity contribution is 0.745. The van der Waals surface area contributed by atoms with Crippen molar-refractivity contribution in [3.8, 4) is 5.69 Å². The number of nitrogens with zero attached hydrogens (tertiary/aromatic N) is 3. The fraction of sp³-hybridized carbons (Fsp3) is 0.385. The fourth-order valence-corrected chi connectivity index (χ4v) is 1.98. The Morgan fingerprint density at radius 2 is 1.82 bits per heavy atom. The molecule has 1 aromatic heterocycles. The summed E-state index contributed by atoms with van der Waals surface area (Å²) < 4.78 is 1.90. The molecule has 4 heteroatoms. The van der Waals surface area contributed by atoms with Crippen LogP contribution in [0, 0.1) is 13.8 Å². The molecule has 0 fully saturated rings. The van der Waals surface area contributed by atoms with Crippen LogP contribution in [0.2, 0.25) is 5.28 Å². The van der Waals surface area contributed by atoms with Crippen molar-refractivity contribution in [2.24, 2.45) is 0 Å². The van der Waals surface area contributed by atoms with E-state index >= 15 is 0 Å². The molecule has 2 aromatic rings. The Morgan fingerprint density at radius 3 is 2.41 bits per heavy atom. The lowest BCUT2D eigenvalue weighted by atomic mass is 10.1. The normalized spacial score (nSPS) is 11.2. The standard InChI is InChI=1S/C13H16ClN3/c1-8(2)12-15-16-13(14)17(12)11-6-5-9(3)10(4)7-11/h5-8H,1-4H3. The summed E-state index contributed by atoms with van der Waals surface area (Å²) in [5.41, 5.74) is 3.53. The van der Waals surface area contributed by atoms with Crippen LogP contribution < -0.4 is 0 Å². The largest absolute Gasteiger partial charge is 0.270 e. The van der Waals surface area contributed by atoms with Gasteiger partial charge in [-0.3, -0.25) is 4.57 Å². The summed E-state index contributed by atoms with van der Waals surface area (Å²) in [5.74, 6) is 1.18. The number of halogens is 1. The van der Waals surface area contributed by atoms with E-state index in [1.54, 1.807) is 0 Å². The van der Waals surface area contributed by atoms with Crippen LogP contribution >= 0.6 is 11.6 Å². The smallest absolute Gasteiger partial charge is 0.229 e. The molecule has 0 aliphatic rings. The first-order valence-electron chi connectivity index (χ1n) is 5.69. The van der Waals surface area contributed by atoms with Crippen molar-refractivity contribution in [3.63, 3.8) is 0 Å². The van der Waals surface area contributed by atoms with Gasteiger partial charge in [-0.05, 0) is 48.7 Å². The fourth-order valence-electron chi connectivity index (χ4n) is 1.75. The zero-order chi connectivity index (χ0) is 12.6. The first kappa shape index (κ1) is 12.1. The predicted octanol–water partition coefficient (Wildman–Crippen LogP) is 3.66. The monoisotopic (exact) mass is 249 g/mol. The van der Waals surface area contributed by atoms with Crippen LogP contribution in [0.3, 0.4) is 0 Å². The summed E-state index contributed by atoms with van der Waals surface area (Å²) in [4.78, 5) is 0. The summed E-state index contributed by atoms with van der Waals surface area (Å²) in [6.45, 7) is 8.35. The molecule has 0 amide bonds. The number of hydrogen-bond acceptors (Lipinski definition) is 2. The first-order valence-corrected chi connectivity index (χ1v) is 6.07. The van der Waals surface area contributed by atoms with Gasteiger partial charge in [-0.2, -0.15) is 0 Å². The molecule has 3 nitrogen and oxygen atoms in total. The van der Waals surface area contributed by atoms with Crippen LogP contribution in [-0.2, 0) is 0 Å².